The van der Waals surface area contributed by atoms with Crippen LogP contribution in [0.4, 0.5) is 0 Å². The van der Waals surface area contributed by atoms with Crippen LogP contribution in [0.1, 0.15) is 26.0 Å². The molecule has 1 heterocycles. The molecule has 0 aliphatic rings. The fourth-order valence-corrected chi connectivity index (χ4v) is 2.40. The summed E-state index contributed by atoms with van der Waals surface area (Å²) in [6.45, 7) is 6.09. The summed E-state index contributed by atoms with van der Waals surface area (Å²) in [5.41, 5.74) is 1.21. The average molecular weight is 258 g/mol. The quantitative estimate of drug-likeness (QED) is 0.718. The number of sulfone groups is 1. The lowest BCUT2D eigenvalue weighted by molar-refractivity contribution is 0.585. The molecule has 1 N–H and O–H groups in total. The largest absolute Gasteiger partial charge is 0.350 e. The van der Waals surface area contributed by atoms with Gasteiger partial charge in [0.15, 0.2) is 9.84 Å². The Hall–Kier alpha value is -0.810. The summed E-state index contributed by atoms with van der Waals surface area (Å²) in [4.78, 5) is 0. The highest BCUT2D eigenvalue weighted by Crippen LogP contribution is 2.03. The Labute approximate surface area is 104 Å². The second-order valence-electron chi connectivity index (χ2n) is 4.11. The first-order chi connectivity index (χ1) is 8.09. The molecule has 0 aromatic carbocycles. The molecule has 0 radical (unpaired) electrons. The summed E-state index contributed by atoms with van der Waals surface area (Å²) in [5, 5.41) is 3.18. The Morgan fingerprint density at radius 1 is 1.35 bits per heavy atom. The number of aromatic nitrogens is 1. The van der Waals surface area contributed by atoms with Gasteiger partial charge in [0.2, 0.25) is 0 Å². The molecule has 5 heteroatoms. The van der Waals surface area contributed by atoms with Gasteiger partial charge in [0.25, 0.3) is 0 Å². The van der Waals surface area contributed by atoms with E-state index in [4.69, 9.17) is 0 Å². The van der Waals surface area contributed by atoms with E-state index in [9.17, 15) is 8.42 Å². The number of nitrogens with one attached hydrogen (secondary N) is 1. The van der Waals surface area contributed by atoms with Gasteiger partial charge in [-0.05, 0) is 18.6 Å². The Balaban J connectivity index is 2.33. The topological polar surface area (TPSA) is 51.1 Å². The highest BCUT2D eigenvalue weighted by atomic mass is 32.2. The van der Waals surface area contributed by atoms with Crippen molar-refractivity contribution in [2.45, 2.75) is 33.4 Å². The molecule has 0 saturated heterocycles. The zero-order chi connectivity index (χ0) is 12.7. The Kier molecular flexibility index (Phi) is 5.71. The van der Waals surface area contributed by atoms with Crippen LogP contribution in [0.25, 0.3) is 0 Å². The maximum atomic E-state index is 11.3. The van der Waals surface area contributed by atoms with Crippen LogP contribution in [0.5, 0.6) is 0 Å². The molecular formula is C12H22N2O2S. The first kappa shape index (κ1) is 14.3. The van der Waals surface area contributed by atoms with E-state index in [1.165, 1.54) is 5.69 Å². The maximum Gasteiger partial charge on any atom is 0.151 e. The molecule has 17 heavy (non-hydrogen) atoms. The molecule has 0 bridgehead atoms. The Morgan fingerprint density at radius 3 is 2.76 bits per heavy atom. The van der Waals surface area contributed by atoms with Crippen molar-refractivity contribution >= 4 is 9.84 Å². The lowest BCUT2D eigenvalue weighted by Gasteiger charge is -2.09. The van der Waals surface area contributed by atoms with Gasteiger partial charge in [-0.1, -0.05) is 13.8 Å². The van der Waals surface area contributed by atoms with Crippen molar-refractivity contribution in [1.82, 2.24) is 9.88 Å². The van der Waals surface area contributed by atoms with Crippen LogP contribution >= 0.6 is 0 Å². The first-order valence-corrected chi connectivity index (χ1v) is 7.96. The molecule has 1 aromatic rings. The molecule has 1 rings (SSSR count). The third-order valence-electron chi connectivity index (χ3n) is 2.72. The van der Waals surface area contributed by atoms with E-state index in [1.807, 2.05) is 6.07 Å². The maximum absolute atomic E-state index is 11.3. The van der Waals surface area contributed by atoms with Gasteiger partial charge in [0, 0.05) is 37.3 Å². The summed E-state index contributed by atoms with van der Waals surface area (Å²) in [6.07, 6.45) is 3.16. The number of nitrogens with zero attached hydrogens (tertiary/aromatic N) is 1. The lowest BCUT2D eigenvalue weighted by atomic mass is 10.4. The molecular weight excluding hydrogens is 236 g/mol. The van der Waals surface area contributed by atoms with Gasteiger partial charge in [-0.3, -0.25) is 0 Å². The molecule has 4 nitrogen and oxygen atoms in total. The van der Waals surface area contributed by atoms with Gasteiger partial charge in [-0.2, -0.15) is 0 Å². The van der Waals surface area contributed by atoms with Crippen LogP contribution in [0.2, 0.25) is 0 Å². The van der Waals surface area contributed by atoms with Crippen molar-refractivity contribution in [2.75, 3.05) is 18.1 Å². The van der Waals surface area contributed by atoms with Crippen LogP contribution < -0.4 is 5.32 Å². The molecule has 0 amide bonds. The van der Waals surface area contributed by atoms with Crippen LogP contribution in [0, 0.1) is 0 Å². The second kappa shape index (κ2) is 6.81. The van der Waals surface area contributed by atoms with E-state index in [0.29, 0.717) is 6.54 Å². The minimum Gasteiger partial charge on any atom is -0.350 e. The van der Waals surface area contributed by atoms with E-state index in [0.717, 1.165) is 19.5 Å². The predicted molar refractivity (Wildman–Crippen MR) is 70.8 cm³/mol. The molecule has 0 aliphatic carbocycles. The van der Waals surface area contributed by atoms with Gasteiger partial charge in [0.05, 0.1) is 5.75 Å². The number of aryl methyl sites for hydroxylation is 1. The number of hydrogen-bond acceptors (Lipinski definition) is 3. The molecule has 98 valence electrons. The van der Waals surface area contributed by atoms with Crippen LogP contribution in [-0.4, -0.2) is 31.0 Å². The van der Waals surface area contributed by atoms with E-state index in [2.05, 4.69) is 29.1 Å². The smallest absolute Gasteiger partial charge is 0.151 e. The minimum absolute atomic E-state index is 0.220. The van der Waals surface area contributed by atoms with Gasteiger partial charge >= 0.3 is 0 Å². The summed E-state index contributed by atoms with van der Waals surface area (Å²) in [6, 6.07) is 4.09. The third-order valence-corrected chi connectivity index (χ3v) is 4.43. The van der Waals surface area contributed by atoms with Crippen molar-refractivity contribution in [3.8, 4) is 0 Å². The normalized spacial score (nSPS) is 11.9. The second-order valence-corrected chi connectivity index (χ2v) is 6.58. The summed E-state index contributed by atoms with van der Waals surface area (Å²) < 4.78 is 24.8. The lowest BCUT2D eigenvalue weighted by Crippen LogP contribution is -2.24. The molecule has 0 saturated carbocycles. The first-order valence-electron chi connectivity index (χ1n) is 6.14. The summed E-state index contributed by atoms with van der Waals surface area (Å²) >= 11 is 0. The summed E-state index contributed by atoms with van der Waals surface area (Å²) in [5.74, 6) is 0.443. The highest BCUT2D eigenvalue weighted by Gasteiger charge is 2.06. The van der Waals surface area contributed by atoms with Crippen LogP contribution in [0.3, 0.4) is 0 Å². The highest BCUT2D eigenvalue weighted by molar-refractivity contribution is 7.91. The van der Waals surface area contributed by atoms with Crippen molar-refractivity contribution < 1.29 is 8.42 Å². The predicted octanol–water partition coefficient (Wildman–Crippen LogP) is 1.42. The van der Waals surface area contributed by atoms with Crippen molar-refractivity contribution in [2.24, 2.45) is 0 Å². The fourth-order valence-electron chi connectivity index (χ4n) is 1.66. The van der Waals surface area contributed by atoms with E-state index in [-0.39, 0.29) is 11.5 Å². The Morgan fingerprint density at radius 2 is 2.12 bits per heavy atom. The van der Waals surface area contributed by atoms with Gasteiger partial charge in [-0.25, -0.2) is 8.42 Å². The standard InChI is InChI=1S/C12H22N2O2S/c1-3-8-14-9-5-6-12(14)11-13-7-10-17(15,16)4-2/h5-6,9,13H,3-4,7-8,10-11H2,1-2H3. The molecule has 0 aliphatic heterocycles. The SMILES string of the molecule is CCCn1cccc1CNCCS(=O)(=O)CC. The van der Waals surface area contributed by atoms with E-state index >= 15 is 0 Å². The van der Waals surface area contributed by atoms with Crippen LogP contribution in [-0.2, 0) is 22.9 Å². The Bertz CT molecular complexity index is 423. The van der Waals surface area contributed by atoms with Gasteiger partial charge in [0.1, 0.15) is 0 Å². The van der Waals surface area contributed by atoms with Crippen molar-refractivity contribution in [3.63, 3.8) is 0 Å². The molecule has 0 spiro atoms. The van der Waals surface area contributed by atoms with E-state index in [1.54, 1.807) is 6.92 Å². The molecule has 0 fully saturated rings. The molecule has 0 unspecified atom stereocenters. The third kappa shape index (κ3) is 4.91. The summed E-state index contributed by atoms with van der Waals surface area (Å²) in [7, 11) is -2.85. The van der Waals surface area contributed by atoms with Crippen molar-refractivity contribution in [3.05, 3.63) is 24.0 Å². The zero-order valence-corrected chi connectivity index (χ0v) is 11.5. The van der Waals surface area contributed by atoms with E-state index < -0.39 is 9.84 Å². The minimum atomic E-state index is -2.85. The number of rotatable bonds is 8. The fraction of sp³-hybridized carbons (Fsp3) is 0.667. The van der Waals surface area contributed by atoms with Gasteiger partial charge < -0.3 is 9.88 Å². The number of hydrogen-bond donors (Lipinski definition) is 1. The average Bonchev–Trinajstić information content (AvgIpc) is 2.73. The molecule has 0 atom stereocenters. The van der Waals surface area contributed by atoms with Crippen LogP contribution in [0.15, 0.2) is 18.3 Å². The zero-order valence-electron chi connectivity index (χ0n) is 10.6. The molecule has 1 aromatic heterocycles. The monoisotopic (exact) mass is 258 g/mol. The van der Waals surface area contributed by atoms with Gasteiger partial charge in [-0.15, -0.1) is 0 Å². The van der Waals surface area contributed by atoms with Crippen molar-refractivity contribution in [1.29, 1.82) is 0 Å².